The highest BCUT2D eigenvalue weighted by Gasteiger charge is 2.21. The van der Waals surface area contributed by atoms with Crippen LogP contribution in [0.1, 0.15) is 0 Å². The van der Waals surface area contributed by atoms with Gasteiger partial charge >= 0.3 is 0 Å². The summed E-state index contributed by atoms with van der Waals surface area (Å²) in [6.45, 7) is 0. The van der Waals surface area contributed by atoms with Crippen molar-refractivity contribution in [3.63, 3.8) is 0 Å². The molecule has 0 atom stereocenters. The van der Waals surface area contributed by atoms with E-state index in [2.05, 4.69) is 77.4 Å². The van der Waals surface area contributed by atoms with Crippen LogP contribution in [0, 0.1) is 0 Å². The van der Waals surface area contributed by atoms with Crippen molar-refractivity contribution in [2.24, 2.45) is 0 Å². The maximum absolute atomic E-state index is 5.15. The molecule has 10 aromatic rings. The first kappa shape index (κ1) is 26.5. The van der Waals surface area contributed by atoms with Crippen LogP contribution in [-0.2, 0) is 0 Å². The number of hydrogen-bond acceptors (Lipinski definition) is 4. The van der Waals surface area contributed by atoms with E-state index in [-0.39, 0.29) is 0 Å². The smallest absolute Gasteiger partial charge is 0.238 e. The van der Waals surface area contributed by atoms with Crippen LogP contribution in [0.25, 0.3) is 88.7 Å². The first-order valence-corrected chi connectivity index (χ1v) is 16.0. The van der Waals surface area contributed by atoms with E-state index in [1.165, 1.54) is 16.2 Å². The SMILES string of the molecule is c1ccc(-c2nc(-c3ccccc3)nc(-n3c4cc5ccc6ccccc6c5cc4c4c5cnn(-c6ccccc6)c5ccc43)n2)cc1. The van der Waals surface area contributed by atoms with Gasteiger partial charge in [0.15, 0.2) is 11.6 Å². The average molecular weight is 615 g/mol. The molecule has 0 bridgehead atoms. The largest absolute Gasteiger partial charge is 0.278 e. The van der Waals surface area contributed by atoms with Gasteiger partial charge in [0.2, 0.25) is 5.95 Å². The van der Waals surface area contributed by atoms with Crippen LogP contribution in [0.2, 0.25) is 0 Å². The molecule has 3 heterocycles. The van der Waals surface area contributed by atoms with Crippen LogP contribution in [0.15, 0.2) is 158 Å². The van der Waals surface area contributed by atoms with Crippen molar-refractivity contribution in [3.8, 4) is 34.4 Å². The van der Waals surface area contributed by atoms with E-state index < -0.39 is 0 Å². The fourth-order valence-corrected chi connectivity index (χ4v) is 7.01. The Kier molecular flexibility index (Phi) is 5.77. The summed E-state index contributed by atoms with van der Waals surface area (Å²) in [5.74, 6) is 1.82. The molecule has 0 saturated carbocycles. The van der Waals surface area contributed by atoms with Crippen LogP contribution >= 0.6 is 0 Å². The topological polar surface area (TPSA) is 61.4 Å². The summed E-state index contributed by atoms with van der Waals surface area (Å²) in [6.07, 6.45) is 1.99. The number of aromatic nitrogens is 6. The molecule has 0 saturated heterocycles. The van der Waals surface area contributed by atoms with E-state index in [1.54, 1.807) is 0 Å². The molecule has 48 heavy (non-hydrogen) atoms. The van der Waals surface area contributed by atoms with Crippen molar-refractivity contribution in [2.75, 3.05) is 0 Å². The number of hydrogen-bond donors (Lipinski definition) is 0. The van der Waals surface area contributed by atoms with E-state index >= 15 is 0 Å². The minimum absolute atomic E-state index is 0.567. The van der Waals surface area contributed by atoms with Crippen molar-refractivity contribution in [3.05, 3.63) is 158 Å². The van der Waals surface area contributed by atoms with Gasteiger partial charge < -0.3 is 0 Å². The Morgan fingerprint density at radius 3 is 1.77 bits per heavy atom. The lowest BCUT2D eigenvalue weighted by Crippen LogP contribution is -2.06. The van der Waals surface area contributed by atoms with Crippen molar-refractivity contribution in [2.45, 2.75) is 0 Å². The second kappa shape index (κ2) is 10.4. The minimum atomic E-state index is 0.567. The van der Waals surface area contributed by atoms with Crippen LogP contribution in [0.4, 0.5) is 0 Å². The molecule has 0 aliphatic rings. The molecule has 3 aromatic heterocycles. The lowest BCUT2D eigenvalue weighted by Gasteiger charge is -2.11. The Morgan fingerprint density at radius 2 is 1.04 bits per heavy atom. The Balaban J connectivity index is 1.34. The summed E-state index contributed by atoms with van der Waals surface area (Å²) < 4.78 is 4.21. The van der Waals surface area contributed by atoms with Crippen molar-refractivity contribution in [1.29, 1.82) is 0 Å². The summed E-state index contributed by atoms with van der Waals surface area (Å²) in [7, 11) is 0. The number of para-hydroxylation sites is 1. The fourth-order valence-electron chi connectivity index (χ4n) is 7.01. The molecule has 0 amide bonds. The molecule has 0 spiro atoms. The first-order valence-electron chi connectivity index (χ1n) is 16.0. The van der Waals surface area contributed by atoms with Gasteiger partial charge in [-0.15, -0.1) is 0 Å². The Labute approximate surface area is 275 Å². The molecular formula is C42H26N6. The third-order valence-electron chi connectivity index (χ3n) is 9.23. The van der Waals surface area contributed by atoms with E-state index in [1.807, 2.05) is 89.7 Å². The molecule has 6 nitrogen and oxygen atoms in total. The molecule has 6 heteroatoms. The van der Waals surface area contributed by atoms with Gasteiger partial charge in [-0.2, -0.15) is 15.1 Å². The second-order valence-electron chi connectivity index (χ2n) is 12.0. The van der Waals surface area contributed by atoms with Crippen LogP contribution in [0.5, 0.6) is 0 Å². The molecule has 10 rings (SSSR count). The lowest BCUT2D eigenvalue weighted by atomic mass is 9.99. The van der Waals surface area contributed by atoms with E-state index in [4.69, 9.17) is 20.1 Å². The first-order chi connectivity index (χ1) is 23.8. The molecule has 0 aliphatic heterocycles. The minimum Gasteiger partial charge on any atom is -0.278 e. The van der Waals surface area contributed by atoms with Gasteiger partial charge in [0.05, 0.1) is 28.4 Å². The van der Waals surface area contributed by atoms with Crippen molar-refractivity contribution in [1.82, 2.24) is 29.3 Å². The molecule has 0 N–H and O–H groups in total. The molecule has 7 aromatic carbocycles. The predicted molar refractivity (Wildman–Crippen MR) is 195 cm³/mol. The number of rotatable bonds is 4. The molecule has 0 fully saturated rings. The van der Waals surface area contributed by atoms with Gasteiger partial charge in [0.25, 0.3) is 0 Å². The summed E-state index contributed by atoms with van der Waals surface area (Å²) in [5.41, 5.74) is 5.96. The maximum Gasteiger partial charge on any atom is 0.238 e. The van der Waals surface area contributed by atoms with Gasteiger partial charge in [0.1, 0.15) is 0 Å². The Hall–Kier alpha value is -6.66. The van der Waals surface area contributed by atoms with Gasteiger partial charge in [0, 0.05) is 27.3 Å². The highest BCUT2D eigenvalue weighted by molar-refractivity contribution is 6.24. The zero-order chi connectivity index (χ0) is 31.6. The van der Waals surface area contributed by atoms with Crippen molar-refractivity contribution >= 4 is 54.3 Å². The molecule has 0 aliphatic carbocycles. The fraction of sp³-hybridized carbons (Fsp3) is 0. The molecule has 0 radical (unpaired) electrons. The predicted octanol–water partition coefficient (Wildman–Crippen LogP) is 9.95. The van der Waals surface area contributed by atoms with E-state index in [0.29, 0.717) is 17.6 Å². The highest BCUT2D eigenvalue weighted by Crippen LogP contribution is 2.40. The highest BCUT2D eigenvalue weighted by atomic mass is 15.3. The molecule has 0 unspecified atom stereocenters. The summed E-state index contributed by atoms with van der Waals surface area (Å²) in [4.78, 5) is 15.3. The average Bonchev–Trinajstić information content (AvgIpc) is 3.74. The number of nitrogens with zero attached hydrogens (tertiary/aromatic N) is 6. The third-order valence-corrected chi connectivity index (χ3v) is 9.23. The molecular weight excluding hydrogens is 589 g/mol. The standard InChI is InChI=1S/C42H26N6/c1-4-13-28(14-5-1)40-44-41(29-15-6-2-7-16-29)46-42(45-40)47-37-23-22-36-35(26-43-48(36)31-17-8-3-9-18-31)39(37)34-25-33-30(24-38(34)47)21-20-27-12-10-11-19-32(27)33/h1-26H. The summed E-state index contributed by atoms with van der Waals surface area (Å²) in [6, 6.07) is 52.4. The summed E-state index contributed by atoms with van der Waals surface area (Å²) >= 11 is 0. The number of benzene rings is 7. The van der Waals surface area contributed by atoms with Crippen LogP contribution < -0.4 is 0 Å². The Bertz CT molecular complexity index is 2760. The van der Waals surface area contributed by atoms with Gasteiger partial charge in [-0.3, -0.25) is 4.57 Å². The second-order valence-corrected chi connectivity index (χ2v) is 12.0. The zero-order valence-electron chi connectivity index (χ0n) is 25.7. The Morgan fingerprint density at radius 1 is 0.417 bits per heavy atom. The van der Waals surface area contributed by atoms with Gasteiger partial charge in [-0.25, -0.2) is 9.67 Å². The van der Waals surface area contributed by atoms with Gasteiger partial charge in [-0.05, 0) is 57.9 Å². The maximum atomic E-state index is 5.15. The van der Waals surface area contributed by atoms with E-state index in [0.717, 1.165) is 54.9 Å². The van der Waals surface area contributed by atoms with Crippen LogP contribution in [0.3, 0.4) is 0 Å². The number of fused-ring (bicyclic) bond motifs is 8. The van der Waals surface area contributed by atoms with Crippen LogP contribution in [-0.4, -0.2) is 29.3 Å². The zero-order valence-corrected chi connectivity index (χ0v) is 25.7. The normalized spacial score (nSPS) is 11.8. The summed E-state index contributed by atoms with van der Waals surface area (Å²) in [5, 5.41) is 13.0. The van der Waals surface area contributed by atoms with E-state index in [9.17, 15) is 0 Å². The van der Waals surface area contributed by atoms with Gasteiger partial charge in [-0.1, -0.05) is 115 Å². The monoisotopic (exact) mass is 614 g/mol. The van der Waals surface area contributed by atoms with Crippen molar-refractivity contribution < 1.29 is 0 Å². The quantitative estimate of drug-likeness (QED) is 0.185. The lowest BCUT2D eigenvalue weighted by molar-refractivity contribution is 0.911. The molecule has 224 valence electrons. The third kappa shape index (κ3) is 4.06.